The summed E-state index contributed by atoms with van der Waals surface area (Å²) in [6, 6.07) is -0.602. The van der Waals surface area contributed by atoms with E-state index in [-0.39, 0.29) is 11.9 Å². The van der Waals surface area contributed by atoms with Crippen molar-refractivity contribution in [2.75, 3.05) is 20.8 Å². The number of carbonyl (C=O) groups is 2. The first kappa shape index (κ1) is 25.7. The number of rotatable bonds is 16. The van der Waals surface area contributed by atoms with Crippen LogP contribution in [0.1, 0.15) is 97.8 Å². The molecule has 27 heavy (non-hydrogen) atoms. The van der Waals surface area contributed by atoms with Crippen molar-refractivity contribution in [2.24, 2.45) is 5.92 Å². The second-order valence-electron chi connectivity index (χ2n) is 7.83. The number of carbonyl (C=O) groups excluding carboxylic acids is 2. The van der Waals surface area contributed by atoms with Crippen molar-refractivity contribution in [3.05, 3.63) is 0 Å². The number of ether oxygens (including phenoxy) is 2. The molecule has 5 nitrogen and oxygen atoms in total. The molecule has 0 aromatic heterocycles. The fourth-order valence-corrected chi connectivity index (χ4v) is 3.34. The molecule has 5 heteroatoms. The molecule has 0 aromatic rings. The van der Waals surface area contributed by atoms with Crippen LogP contribution in [-0.4, -0.2) is 43.8 Å². The van der Waals surface area contributed by atoms with Gasteiger partial charge >= 0.3 is 12.1 Å². The molecule has 160 valence electrons. The van der Waals surface area contributed by atoms with Crippen molar-refractivity contribution < 1.29 is 19.1 Å². The van der Waals surface area contributed by atoms with Gasteiger partial charge in [0.25, 0.3) is 0 Å². The van der Waals surface area contributed by atoms with Gasteiger partial charge in [-0.3, -0.25) is 4.90 Å². The van der Waals surface area contributed by atoms with Crippen molar-refractivity contribution in [2.45, 2.75) is 104 Å². The molecular weight excluding hydrogens is 342 g/mol. The minimum absolute atomic E-state index is 0.0245. The van der Waals surface area contributed by atoms with E-state index in [1.165, 1.54) is 76.2 Å². The predicted octanol–water partition coefficient (Wildman–Crippen LogP) is 5.95. The van der Waals surface area contributed by atoms with Crippen LogP contribution in [0, 0.1) is 5.92 Å². The summed E-state index contributed by atoms with van der Waals surface area (Å²) in [6.07, 6.45) is 14.8. The summed E-state index contributed by atoms with van der Waals surface area (Å²) in [4.78, 5) is 25.2. The number of amides is 1. The highest BCUT2D eigenvalue weighted by Crippen LogP contribution is 2.14. The van der Waals surface area contributed by atoms with Crippen LogP contribution >= 0.6 is 0 Å². The second kappa shape index (κ2) is 16.9. The van der Waals surface area contributed by atoms with Crippen LogP contribution in [-0.2, 0) is 14.3 Å². The summed E-state index contributed by atoms with van der Waals surface area (Å²) >= 11 is 0. The van der Waals surface area contributed by atoms with Gasteiger partial charge in [0.2, 0.25) is 0 Å². The molecule has 0 aliphatic carbocycles. The van der Waals surface area contributed by atoms with E-state index in [1.54, 1.807) is 7.05 Å². The third-order valence-electron chi connectivity index (χ3n) is 5.00. The van der Waals surface area contributed by atoms with Crippen LogP contribution in [0.4, 0.5) is 4.79 Å². The van der Waals surface area contributed by atoms with E-state index in [1.807, 2.05) is 13.8 Å². The van der Waals surface area contributed by atoms with Crippen LogP contribution in [0.25, 0.3) is 0 Å². The van der Waals surface area contributed by atoms with Gasteiger partial charge in [-0.2, -0.15) is 0 Å². The molecular formula is C22H43NO4. The third-order valence-corrected chi connectivity index (χ3v) is 5.00. The highest BCUT2D eigenvalue weighted by Gasteiger charge is 2.31. The summed E-state index contributed by atoms with van der Waals surface area (Å²) in [5.74, 6) is -0.371. The number of nitrogens with zero attached hydrogens (tertiary/aromatic N) is 1. The smallest absolute Gasteiger partial charge is 0.409 e. The Hall–Kier alpha value is -1.26. The lowest BCUT2D eigenvalue weighted by molar-refractivity contribution is -0.150. The molecule has 0 heterocycles. The van der Waals surface area contributed by atoms with Gasteiger partial charge in [-0.05, 0) is 12.3 Å². The van der Waals surface area contributed by atoms with Gasteiger partial charge in [0, 0.05) is 7.05 Å². The van der Waals surface area contributed by atoms with Crippen LogP contribution in [0.3, 0.4) is 0 Å². The normalized spacial score (nSPS) is 12.1. The Balaban J connectivity index is 3.70. The lowest BCUT2D eigenvalue weighted by Crippen LogP contribution is -2.46. The molecule has 0 aliphatic rings. The number of esters is 1. The molecule has 0 aliphatic heterocycles. The number of likely N-dealkylation sites (N-methyl/N-ethyl adjacent to an activating group) is 1. The maximum atomic E-state index is 12.3. The minimum atomic E-state index is -0.602. The summed E-state index contributed by atoms with van der Waals surface area (Å²) in [5, 5.41) is 0. The van der Waals surface area contributed by atoms with Gasteiger partial charge in [0.05, 0.1) is 13.7 Å². The van der Waals surface area contributed by atoms with Crippen molar-refractivity contribution >= 4 is 12.1 Å². The highest BCUT2D eigenvalue weighted by atomic mass is 16.6. The minimum Gasteiger partial charge on any atom is -0.464 e. The SMILES string of the molecule is CCCCCCCCCCCCCCOC(=O)C(C(C)C)N(C)C(=O)OC. The van der Waals surface area contributed by atoms with Gasteiger partial charge in [0.1, 0.15) is 6.04 Å². The lowest BCUT2D eigenvalue weighted by Gasteiger charge is -2.28. The predicted molar refractivity (Wildman–Crippen MR) is 111 cm³/mol. The Kier molecular flexibility index (Phi) is 16.1. The molecule has 0 spiro atoms. The topological polar surface area (TPSA) is 55.8 Å². The van der Waals surface area contributed by atoms with Crippen LogP contribution in [0.2, 0.25) is 0 Å². The standard InChI is InChI=1S/C22H43NO4/c1-6-7-8-9-10-11-12-13-14-15-16-17-18-27-21(24)20(19(2)3)23(4)22(25)26-5/h19-20H,6-18H2,1-5H3. The lowest BCUT2D eigenvalue weighted by atomic mass is 10.0. The molecule has 0 saturated heterocycles. The quantitative estimate of drug-likeness (QED) is 0.243. The number of hydrogen-bond acceptors (Lipinski definition) is 4. The van der Waals surface area contributed by atoms with Gasteiger partial charge < -0.3 is 9.47 Å². The van der Waals surface area contributed by atoms with Gasteiger partial charge in [-0.1, -0.05) is 91.4 Å². The van der Waals surface area contributed by atoms with Crippen molar-refractivity contribution in [1.82, 2.24) is 4.90 Å². The Morgan fingerprint density at radius 3 is 1.67 bits per heavy atom. The largest absolute Gasteiger partial charge is 0.464 e. The molecule has 0 rings (SSSR count). The van der Waals surface area contributed by atoms with E-state index in [9.17, 15) is 9.59 Å². The molecule has 0 aromatic carbocycles. The summed E-state index contributed by atoms with van der Waals surface area (Å²) < 4.78 is 10.1. The molecule has 1 unspecified atom stereocenters. The number of methoxy groups -OCH3 is 1. The van der Waals surface area contributed by atoms with E-state index >= 15 is 0 Å². The summed E-state index contributed by atoms with van der Waals surface area (Å²) in [5.41, 5.74) is 0. The van der Waals surface area contributed by atoms with E-state index in [0.29, 0.717) is 6.61 Å². The number of unbranched alkanes of at least 4 members (excludes halogenated alkanes) is 11. The second-order valence-corrected chi connectivity index (χ2v) is 7.83. The zero-order valence-corrected chi connectivity index (χ0v) is 18.4. The van der Waals surface area contributed by atoms with E-state index < -0.39 is 12.1 Å². The molecule has 0 radical (unpaired) electrons. The van der Waals surface area contributed by atoms with Crippen molar-refractivity contribution in [3.63, 3.8) is 0 Å². The van der Waals surface area contributed by atoms with Crippen LogP contribution in [0.15, 0.2) is 0 Å². The van der Waals surface area contributed by atoms with Crippen LogP contribution < -0.4 is 0 Å². The molecule has 0 fully saturated rings. The Labute approximate surface area is 167 Å². The molecule has 0 saturated carbocycles. The number of hydrogen-bond donors (Lipinski definition) is 0. The highest BCUT2D eigenvalue weighted by molar-refractivity contribution is 5.81. The molecule has 0 N–H and O–H groups in total. The average molecular weight is 386 g/mol. The first-order valence-corrected chi connectivity index (χ1v) is 10.9. The molecule has 1 amide bonds. The first-order valence-electron chi connectivity index (χ1n) is 10.9. The molecule has 1 atom stereocenters. The maximum absolute atomic E-state index is 12.3. The van der Waals surface area contributed by atoms with Crippen molar-refractivity contribution in [3.8, 4) is 0 Å². The third kappa shape index (κ3) is 12.7. The maximum Gasteiger partial charge on any atom is 0.409 e. The van der Waals surface area contributed by atoms with E-state index in [4.69, 9.17) is 9.47 Å². The van der Waals surface area contributed by atoms with Crippen LogP contribution in [0.5, 0.6) is 0 Å². The monoisotopic (exact) mass is 385 g/mol. The average Bonchev–Trinajstić information content (AvgIpc) is 2.64. The van der Waals surface area contributed by atoms with Gasteiger partial charge in [0.15, 0.2) is 0 Å². The summed E-state index contributed by atoms with van der Waals surface area (Å²) in [6.45, 7) is 6.48. The fraction of sp³-hybridized carbons (Fsp3) is 0.909. The zero-order valence-electron chi connectivity index (χ0n) is 18.4. The van der Waals surface area contributed by atoms with Crippen molar-refractivity contribution in [1.29, 1.82) is 0 Å². The summed E-state index contributed by atoms with van der Waals surface area (Å²) in [7, 11) is 2.88. The van der Waals surface area contributed by atoms with E-state index in [2.05, 4.69) is 6.92 Å². The Morgan fingerprint density at radius 1 is 0.815 bits per heavy atom. The zero-order chi connectivity index (χ0) is 20.5. The first-order chi connectivity index (χ1) is 13.0. The Bertz CT molecular complexity index is 385. The molecule has 0 bridgehead atoms. The fourth-order valence-electron chi connectivity index (χ4n) is 3.34. The van der Waals surface area contributed by atoms with Gasteiger partial charge in [-0.15, -0.1) is 0 Å². The van der Waals surface area contributed by atoms with Gasteiger partial charge in [-0.25, -0.2) is 9.59 Å². The Morgan fingerprint density at radius 2 is 1.26 bits per heavy atom. The van der Waals surface area contributed by atoms with E-state index in [0.717, 1.165) is 12.8 Å².